The summed E-state index contributed by atoms with van der Waals surface area (Å²) >= 11 is 0. The summed E-state index contributed by atoms with van der Waals surface area (Å²) in [7, 11) is 0. The third-order valence-corrected chi connectivity index (χ3v) is 6.06. The van der Waals surface area contributed by atoms with Gasteiger partial charge < -0.3 is 31.1 Å². The second-order valence-electron chi connectivity index (χ2n) is 8.81. The number of hydrogen-bond donors (Lipinski definition) is 6. The Morgan fingerprint density at radius 3 is 1.31 bits per heavy atom. The molecule has 0 heterocycles. The van der Waals surface area contributed by atoms with Crippen molar-refractivity contribution in [1.29, 1.82) is 0 Å². The summed E-state index contributed by atoms with van der Waals surface area (Å²) in [5.74, 6) is -6.95. The predicted octanol–water partition coefficient (Wildman–Crippen LogP) is 4.65. The molecular weight excluding hydrogens is 548 g/mol. The molecule has 4 aromatic rings. The summed E-state index contributed by atoms with van der Waals surface area (Å²) in [5, 5.41) is 42.7. The van der Waals surface area contributed by atoms with Gasteiger partial charge in [0.1, 0.15) is 0 Å². The van der Waals surface area contributed by atoms with E-state index in [9.17, 15) is 44.1 Å². The Balaban J connectivity index is 1.68. The first-order chi connectivity index (χ1) is 19.9. The second kappa shape index (κ2) is 11.8. The molecule has 0 aliphatic rings. The Morgan fingerprint density at radius 2 is 0.857 bits per heavy atom. The van der Waals surface area contributed by atoms with E-state index < -0.39 is 41.3 Å². The molecule has 0 bridgehead atoms. The number of carbonyl (C=O) groups is 6. The van der Waals surface area contributed by atoms with Gasteiger partial charge in [-0.2, -0.15) is 0 Å². The lowest BCUT2D eigenvalue weighted by atomic mass is 9.95. The van der Waals surface area contributed by atoms with Crippen molar-refractivity contribution in [3.8, 4) is 11.1 Å². The highest BCUT2D eigenvalue weighted by atomic mass is 16.4. The fourth-order valence-corrected chi connectivity index (χ4v) is 4.05. The molecule has 12 heteroatoms. The van der Waals surface area contributed by atoms with Crippen LogP contribution in [0, 0.1) is 0 Å². The van der Waals surface area contributed by atoms with Gasteiger partial charge in [-0.15, -0.1) is 0 Å². The average molecular weight is 568 g/mol. The number of aromatic carboxylic acids is 4. The van der Waals surface area contributed by atoms with Crippen molar-refractivity contribution in [3.63, 3.8) is 0 Å². The maximum Gasteiger partial charge on any atom is 0.336 e. The van der Waals surface area contributed by atoms with Crippen LogP contribution in [0.4, 0.5) is 11.4 Å². The van der Waals surface area contributed by atoms with Crippen LogP contribution < -0.4 is 10.6 Å². The standard InChI is InChI=1S/C30H20N2O10/c33-25(31-19-5-1-3-17(11-19)27(35)36)21-9-7-16(14-24(21)30(41)42)15-8-10-22(29(39)40)23(13-15)26(34)32-20-6-2-4-18(12-20)28(37)38/h1-14H,(H,31,33)(H,32,34)(H,35,36)(H,37,38)(H,39,40)(H,41,42). The van der Waals surface area contributed by atoms with Crippen LogP contribution in [0.3, 0.4) is 0 Å². The molecule has 0 aliphatic heterocycles. The van der Waals surface area contributed by atoms with E-state index in [2.05, 4.69) is 10.6 Å². The number of benzene rings is 4. The summed E-state index contributed by atoms with van der Waals surface area (Å²) < 4.78 is 0. The second-order valence-corrected chi connectivity index (χ2v) is 8.81. The molecular formula is C30H20N2O10. The zero-order valence-electron chi connectivity index (χ0n) is 21.3. The SMILES string of the molecule is O=C(O)c1cccc(NC(=O)c2ccc(-c3ccc(C(=O)O)c(C(=O)Nc4cccc(C(=O)O)c4)c3)cc2C(=O)O)c1. The number of hydrogen-bond acceptors (Lipinski definition) is 6. The minimum Gasteiger partial charge on any atom is -0.478 e. The van der Waals surface area contributed by atoms with Crippen LogP contribution in [0.15, 0.2) is 84.9 Å². The first-order valence-electron chi connectivity index (χ1n) is 12.0. The molecule has 0 unspecified atom stereocenters. The third kappa shape index (κ3) is 6.29. The number of carbonyl (C=O) groups excluding carboxylic acids is 2. The maximum atomic E-state index is 13.1. The highest BCUT2D eigenvalue weighted by Gasteiger charge is 2.21. The lowest BCUT2D eigenvalue weighted by molar-refractivity contribution is 0.0683. The average Bonchev–Trinajstić information content (AvgIpc) is 2.96. The number of carboxylic acids is 4. The monoisotopic (exact) mass is 568 g/mol. The molecule has 0 spiro atoms. The molecule has 2 amide bonds. The fourth-order valence-electron chi connectivity index (χ4n) is 4.05. The molecule has 0 aromatic heterocycles. The Kier molecular flexibility index (Phi) is 8.09. The van der Waals surface area contributed by atoms with E-state index in [0.717, 1.165) is 6.07 Å². The van der Waals surface area contributed by atoms with Crippen LogP contribution in [-0.4, -0.2) is 56.1 Å². The highest BCUT2D eigenvalue weighted by molar-refractivity contribution is 6.13. The van der Waals surface area contributed by atoms with E-state index in [1.807, 2.05) is 0 Å². The van der Waals surface area contributed by atoms with Crippen LogP contribution >= 0.6 is 0 Å². The van der Waals surface area contributed by atoms with Crippen LogP contribution in [0.1, 0.15) is 62.1 Å². The fraction of sp³-hybridized carbons (Fsp3) is 0. The van der Waals surface area contributed by atoms with Gasteiger partial charge in [-0.3, -0.25) is 9.59 Å². The van der Waals surface area contributed by atoms with Crippen LogP contribution in [-0.2, 0) is 0 Å². The molecule has 0 aliphatic carbocycles. The molecule has 4 aromatic carbocycles. The number of rotatable bonds is 9. The first kappa shape index (κ1) is 28.7. The first-order valence-corrected chi connectivity index (χ1v) is 12.0. The topological polar surface area (TPSA) is 207 Å². The Bertz CT molecular complexity index is 1790. The molecule has 6 N–H and O–H groups in total. The van der Waals surface area contributed by atoms with Gasteiger partial charge in [0.25, 0.3) is 11.8 Å². The normalized spacial score (nSPS) is 10.4. The van der Waals surface area contributed by atoms with E-state index in [1.54, 1.807) is 0 Å². The van der Waals surface area contributed by atoms with Gasteiger partial charge >= 0.3 is 23.9 Å². The van der Waals surface area contributed by atoms with Crippen molar-refractivity contribution in [2.45, 2.75) is 0 Å². The molecule has 0 saturated carbocycles. The smallest absolute Gasteiger partial charge is 0.336 e. The van der Waals surface area contributed by atoms with Crippen LogP contribution in [0.2, 0.25) is 0 Å². The summed E-state index contributed by atoms with van der Waals surface area (Å²) in [6.07, 6.45) is 0. The van der Waals surface area contributed by atoms with E-state index in [1.165, 1.54) is 78.9 Å². The quantitative estimate of drug-likeness (QED) is 0.165. The number of anilines is 2. The van der Waals surface area contributed by atoms with Crippen LogP contribution in [0.5, 0.6) is 0 Å². The number of carboxylic acid groups (broad SMARTS) is 4. The van der Waals surface area contributed by atoms with E-state index >= 15 is 0 Å². The minimum absolute atomic E-state index is 0.0826. The van der Waals surface area contributed by atoms with Crippen molar-refractivity contribution >= 4 is 47.1 Å². The van der Waals surface area contributed by atoms with Gasteiger partial charge in [-0.25, -0.2) is 19.2 Å². The summed E-state index contributed by atoms with van der Waals surface area (Å²) in [6, 6.07) is 18.3. The van der Waals surface area contributed by atoms with Crippen molar-refractivity contribution in [2.24, 2.45) is 0 Å². The number of nitrogens with one attached hydrogen (secondary N) is 2. The molecule has 0 atom stereocenters. The molecule has 0 saturated heterocycles. The maximum absolute atomic E-state index is 13.1. The zero-order chi connectivity index (χ0) is 30.6. The van der Waals surface area contributed by atoms with Gasteiger partial charge in [0.2, 0.25) is 0 Å². The van der Waals surface area contributed by atoms with E-state index in [0.29, 0.717) is 0 Å². The van der Waals surface area contributed by atoms with Crippen molar-refractivity contribution in [1.82, 2.24) is 0 Å². The molecule has 210 valence electrons. The molecule has 4 rings (SSSR count). The van der Waals surface area contributed by atoms with Gasteiger partial charge in [0.15, 0.2) is 0 Å². The Labute approximate surface area is 236 Å². The molecule has 0 radical (unpaired) electrons. The molecule has 0 fully saturated rings. The lowest BCUT2D eigenvalue weighted by Crippen LogP contribution is -2.17. The third-order valence-electron chi connectivity index (χ3n) is 6.06. The summed E-state index contributed by atoms with van der Waals surface area (Å²) in [5.41, 5.74) is -0.706. The van der Waals surface area contributed by atoms with Gasteiger partial charge in [0.05, 0.1) is 33.4 Å². The van der Waals surface area contributed by atoms with E-state index in [-0.39, 0.29) is 50.3 Å². The van der Waals surface area contributed by atoms with Gasteiger partial charge in [0, 0.05) is 11.4 Å². The minimum atomic E-state index is -1.44. The van der Waals surface area contributed by atoms with E-state index in [4.69, 9.17) is 5.11 Å². The largest absolute Gasteiger partial charge is 0.478 e. The molecule has 12 nitrogen and oxygen atoms in total. The number of amides is 2. The van der Waals surface area contributed by atoms with Crippen molar-refractivity contribution in [2.75, 3.05) is 10.6 Å². The predicted molar refractivity (Wildman–Crippen MR) is 149 cm³/mol. The lowest BCUT2D eigenvalue weighted by Gasteiger charge is -2.13. The van der Waals surface area contributed by atoms with Crippen molar-refractivity contribution < 1.29 is 49.2 Å². The summed E-state index contributed by atoms with van der Waals surface area (Å²) in [6.45, 7) is 0. The summed E-state index contributed by atoms with van der Waals surface area (Å²) in [4.78, 5) is 72.3. The van der Waals surface area contributed by atoms with Gasteiger partial charge in [-0.1, -0.05) is 24.3 Å². The zero-order valence-corrected chi connectivity index (χ0v) is 21.3. The Hall–Kier alpha value is -6.30. The Morgan fingerprint density at radius 1 is 0.429 bits per heavy atom. The molecule has 42 heavy (non-hydrogen) atoms. The van der Waals surface area contributed by atoms with Crippen molar-refractivity contribution in [3.05, 3.63) is 118 Å². The van der Waals surface area contributed by atoms with Gasteiger partial charge in [-0.05, 0) is 71.8 Å². The highest BCUT2D eigenvalue weighted by Crippen LogP contribution is 2.27. The van der Waals surface area contributed by atoms with Crippen LogP contribution in [0.25, 0.3) is 11.1 Å².